The zero-order chi connectivity index (χ0) is 15.9. The van der Waals surface area contributed by atoms with E-state index in [-0.39, 0.29) is 29.8 Å². The molecule has 0 amide bonds. The van der Waals surface area contributed by atoms with Crippen LogP contribution in [-0.2, 0) is 9.59 Å². The minimum Gasteiger partial charge on any atom is -0.330 e. The fourth-order valence-corrected chi connectivity index (χ4v) is 2.22. The van der Waals surface area contributed by atoms with Crippen molar-refractivity contribution in [2.45, 2.75) is 66.3 Å². The van der Waals surface area contributed by atoms with Crippen molar-refractivity contribution in [2.75, 3.05) is 6.54 Å². The van der Waals surface area contributed by atoms with Crippen LogP contribution in [0.2, 0.25) is 0 Å². The maximum Gasteiger partial charge on any atom is 0.150 e. The smallest absolute Gasteiger partial charge is 0.150 e. The van der Waals surface area contributed by atoms with Gasteiger partial charge in [0, 0.05) is 17.8 Å². The zero-order valence-corrected chi connectivity index (χ0v) is 13.7. The Balaban J connectivity index is 4.77. The third-order valence-electron chi connectivity index (χ3n) is 3.65. The predicted molar refractivity (Wildman–Crippen MR) is 83.3 cm³/mol. The van der Waals surface area contributed by atoms with E-state index in [0.29, 0.717) is 6.54 Å². The van der Waals surface area contributed by atoms with Gasteiger partial charge in [-0.2, -0.15) is 0 Å². The molecule has 0 saturated heterocycles. The van der Waals surface area contributed by atoms with Gasteiger partial charge in [-0.1, -0.05) is 41.0 Å². The van der Waals surface area contributed by atoms with Gasteiger partial charge in [0.15, 0.2) is 5.78 Å². The molecule has 0 aliphatic rings. The maximum atomic E-state index is 12.5. The summed E-state index contributed by atoms with van der Waals surface area (Å²) in [6.45, 7) is 10.2. The van der Waals surface area contributed by atoms with E-state index in [4.69, 9.17) is 11.5 Å². The normalized spacial score (nSPS) is 15.2. The van der Waals surface area contributed by atoms with Crippen LogP contribution in [-0.4, -0.2) is 24.2 Å². The van der Waals surface area contributed by atoms with Crippen LogP contribution in [0.25, 0.3) is 0 Å². The molecule has 0 heterocycles. The summed E-state index contributed by atoms with van der Waals surface area (Å²) in [6, 6.07) is -0.472. The quantitative estimate of drug-likeness (QED) is 0.636. The molecule has 0 fully saturated rings. The van der Waals surface area contributed by atoms with E-state index in [2.05, 4.69) is 0 Å². The van der Waals surface area contributed by atoms with E-state index < -0.39 is 11.5 Å². The summed E-state index contributed by atoms with van der Waals surface area (Å²) in [5.74, 6) is 0.0324. The molecule has 4 heteroatoms. The number of hydrogen-bond donors (Lipinski definition) is 2. The van der Waals surface area contributed by atoms with Gasteiger partial charge >= 0.3 is 0 Å². The van der Waals surface area contributed by atoms with Crippen LogP contribution >= 0.6 is 0 Å². The Morgan fingerprint density at radius 2 is 1.65 bits per heavy atom. The average Bonchev–Trinajstić information content (AvgIpc) is 2.34. The second-order valence-electron chi connectivity index (χ2n) is 7.04. The number of unbranched alkanes of at least 4 members (excludes halogenated alkanes) is 1. The highest BCUT2D eigenvalue weighted by Gasteiger charge is 2.32. The van der Waals surface area contributed by atoms with Crippen LogP contribution < -0.4 is 11.5 Å². The van der Waals surface area contributed by atoms with Gasteiger partial charge in [0.25, 0.3) is 0 Å². The number of rotatable bonds is 9. The van der Waals surface area contributed by atoms with Crippen LogP contribution in [0.5, 0.6) is 0 Å². The topological polar surface area (TPSA) is 86.2 Å². The molecule has 0 aliphatic heterocycles. The Kier molecular flexibility index (Phi) is 8.21. The van der Waals surface area contributed by atoms with Gasteiger partial charge in [0.1, 0.15) is 5.78 Å². The van der Waals surface area contributed by atoms with E-state index in [0.717, 1.165) is 19.3 Å². The summed E-state index contributed by atoms with van der Waals surface area (Å²) in [6.07, 6.45) is 2.76. The lowest BCUT2D eigenvalue weighted by atomic mass is 9.78. The number of hydrogen-bond acceptors (Lipinski definition) is 4. The molecular weight excluding hydrogens is 252 g/mol. The first-order valence-electron chi connectivity index (χ1n) is 7.64. The molecule has 0 spiro atoms. The highest BCUT2D eigenvalue weighted by molar-refractivity contribution is 5.92. The highest BCUT2D eigenvalue weighted by atomic mass is 16.1. The largest absolute Gasteiger partial charge is 0.330 e. The van der Waals surface area contributed by atoms with Crippen LogP contribution in [0.1, 0.15) is 60.3 Å². The zero-order valence-electron chi connectivity index (χ0n) is 13.7. The van der Waals surface area contributed by atoms with Crippen LogP contribution in [0.4, 0.5) is 0 Å². The third-order valence-corrected chi connectivity index (χ3v) is 3.65. The minimum atomic E-state index is -0.472. The fourth-order valence-electron chi connectivity index (χ4n) is 2.22. The van der Waals surface area contributed by atoms with Crippen LogP contribution in [0.15, 0.2) is 0 Å². The third kappa shape index (κ3) is 6.62. The van der Waals surface area contributed by atoms with Crippen molar-refractivity contribution >= 4 is 11.6 Å². The number of ketones is 2. The van der Waals surface area contributed by atoms with Crippen LogP contribution in [0.3, 0.4) is 0 Å². The first-order chi connectivity index (χ1) is 9.11. The second-order valence-corrected chi connectivity index (χ2v) is 7.04. The minimum absolute atomic E-state index is 0.00431. The Labute approximate surface area is 123 Å². The molecule has 20 heavy (non-hydrogen) atoms. The maximum absolute atomic E-state index is 12.5. The average molecular weight is 284 g/mol. The molecule has 0 radical (unpaired) electrons. The van der Waals surface area contributed by atoms with Gasteiger partial charge in [-0.25, -0.2) is 0 Å². The molecule has 2 atom stereocenters. The predicted octanol–water partition coefficient (Wildman–Crippen LogP) is 2.29. The molecule has 0 aromatic rings. The van der Waals surface area contributed by atoms with E-state index >= 15 is 0 Å². The molecule has 4 N–H and O–H groups in total. The Bertz CT molecular complexity index is 319. The van der Waals surface area contributed by atoms with Gasteiger partial charge in [-0.05, 0) is 25.3 Å². The molecule has 0 aromatic heterocycles. The van der Waals surface area contributed by atoms with Gasteiger partial charge in [-0.3, -0.25) is 9.59 Å². The number of Topliss-reactive ketones (excluding diaryl/α,β-unsaturated/α-hetero) is 2. The lowest BCUT2D eigenvalue weighted by molar-refractivity contribution is -0.134. The summed E-state index contributed by atoms with van der Waals surface area (Å²) in [5, 5.41) is 0. The standard InChI is InChI=1S/C16H32N2O2/c1-11(2)14(18)13(19)10-12(8-6-7-9-17)15(20)16(3,4)5/h11-12,14H,6-10,17-18H2,1-5H3. The van der Waals surface area contributed by atoms with Crippen molar-refractivity contribution in [3.63, 3.8) is 0 Å². The van der Waals surface area contributed by atoms with Crippen molar-refractivity contribution in [2.24, 2.45) is 28.7 Å². The lowest BCUT2D eigenvalue weighted by Crippen LogP contribution is -2.39. The van der Waals surface area contributed by atoms with Gasteiger partial charge in [0.05, 0.1) is 6.04 Å². The van der Waals surface area contributed by atoms with E-state index in [1.165, 1.54) is 0 Å². The summed E-state index contributed by atoms with van der Waals surface area (Å²) < 4.78 is 0. The van der Waals surface area contributed by atoms with Crippen molar-refractivity contribution in [1.82, 2.24) is 0 Å². The molecule has 118 valence electrons. The molecule has 0 aliphatic carbocycles. The first kappa shape index (κ1) is 19.3. The molecule has 4 nitrogen and oxygen atoms in total. The monoisotopic (exact) mass is 284 g/mol. The van der Waals surface area contributed by atoms with Crippen molar-refractivity contribution < 1.29 is 9.59 Å². The van der Waals surface area contributed by atoms with E-state index in [1.54, 1.807) is 0 Å². The molecule has 0 saturated carbocycles. The Morgan fingerprint density at radius 3 is 2.05 bits per heavy atom. The molecule has 0 bridgehead atoms. The van der Waals surface area contributed by atoms with E-state index in [9.17, 15) is 9.59 Å². The lowest BCUT2D eigenvalue weighted by Gasteiger charge is -2.25. The van der Waals surface area contributed by atoms with Gasteiger partial charge in [-0.15, -0.1) is 0 Å². The first-order valence-corrected chi connectivity index (χ1v) is 7.64. The Morgan fingerprint density at radius 1 is 1.10 bits per heavy atom. The molecular formula is C16H32N2O2. The number of carbonyl (C=O) groups is 2. The molecule has 0 rings (SSSR count). The number of carbonyl (C=O) groups excluding carboxylic acids is 2. The second kappa shape index (κ2) is 8.53. The van der Waals surface area contributed by atoms with Gasteiger partial charge in [0.2, 0.25) is 0 Å². The highest BCUT2D eigenvalue weighted by Crippen LogP contribution is 2.26. The van der Waals surface area contributed by atoms with Crippen molar-refractivity contribution in [3.8, 4) is 0 Å². The van der Waals surface area contributed by atoms with E-state index in [1.807, 2.05) is 34.6 Å². The molecule has 2 unspecified atom stereocenters. The van der Waals surface area contributed by atoms with Crippen LogP contribution in [0, 0.1) is 17.3 Å². The van der Waals surface area contributed by atoms with Gasteiger partial charge < -0.3 is 11.5 Å². The Hall–Kier alpha value is -0.740. The summed E-state index contributed by atoms with van der Waals surface area (Å²) >= 11 is 0. The summed E-state index contributed by atoms with van der Waals surface area (Å²) in [5.41, 5.74) is 11.0. The van der Waals surface area contributed by atoms with Crippen molar-refractivity contribution in [1.29, 1.82) is 0 Å². The SMILES string of the molecule is CC(C)C(N)C(=O)CC(CCCCN)C(=O)C(C)(C)C. The molecule has 0 aromatic carbocycles. The summed E-state index contributed by atoms with van der Waals surface area (Å²) in [4.78, 5) is 24.6. The summed E-state index contributed by atoms with van der Waals surface area (Å²) in [7, 11) is 0. The number of nitrogens with two attached hydrogens (primary N) is 2. The fraction of sp³-hybridized carbons (Fsp3) is 0.875. The van der Waals surface area contributed by atoms with Crippen molar-refractivity contribution in [3.05, 3.63) is 0 Å².